The van der Waals surface area contributed by atoms with Gasteiger partial charge in [0.2, 0.25) is 10.0 Å². The molecule has 0 aliphatic heterocycles. The molecule has 1 N–H and O–H groups in total. The standard InChI is InChI=1S/C13H20N2O3S/c1-5-10(2)14-13(16)11-6-8-12(9-7-11)19(17,18)15(3)4/h6-10H,5H2,1-4H3,(H,14,16)/t10-/m0/s1. The van der Waals surface area contributed by atoms with Gasteiger partial charge in [0.1, 0.15) is 0 Å². The zero-order chi connectivity index (χ0) is 14.6. The molecule has 106 valence electrons. The lowest BCUT2D eigenvalue weighted by Gasteiger charge is -2.13. The number of sulfonamides is 1. The summed E-state index contributed by atoms with van der Waals surface area (Å²) < 4.78 is 24.9. The highest BCUT2D eigenvalue weighted by molar-refractivity contribution is 7.89. The highest BCUT2D eigenvalue weighted by Crippen LogP contribution is 2.14. The third kappa shape index (κ3) is 3.78. The second-order valence-electron chi connectivity index (χ2n) is 4.59. The minimum absolute atomic E-state index is 0.0951. The van der Waals surface area contributed by atoms with Crippen LogP contribution in [0.4, 0.5) is 0 Å². The van der Waals surface area contributed by atoms with Crippen molar-refractivity contribution in [1.29, 1.82) is 0 Å². The van der Waals surface area contributed by atoms with Gasteiger partial charge in [-0.3, -0.25) is 4.79 Å². The largest absolute Gasteiger partial charge is 0.350 e. The number of rotatable bonds is 5. The van der Waals surface area contributed by atoms with E-state index in [1.54, 1.807) is 0 Å². The highest BCUT2D eigenvalue weighted by atomic mass is 32.2. The van der Waals surface area contributed by atoms with Gasteiger partial charge in [-0.25, -0.2) is 12.7 Å². The molecule has 0 radical (unpaired) electrons. The molecular weight excluding hydrogens is 264 g/mol. The number of nitrogens with zero attached hydrogens (tertiary/aromatic N) is 1. The Morgan fingerprint density at radius 1 is 1.26 bits per heavy atom. The van der Waals surface area contributed by atoms with E-state index in [2.05, 4.69) is 5.32 Å². The van der Waals surface area contributed by atoms with Gasteiger partial charge in [0.25, 0.3) is 5.91 Å². The monoisotopic (exact) mass is 284 g/mol. The number of nitrogens with one attached hydrogen (secondary N) is 1. The van der Waals surface area contributed by atoms with Crippen molar-refractivity contribution < 1.29 is 13.2 Å². The van der Waals surface area contributed by atoms with E-state index in [4.69, 9.17) is 0 Å². The molecule has 1 aromatic rings. The Bertz CT molecular complexity index is 536. The molecular formula is C13H20N2O3S. The third-order valence-corrected chi connectivity index (χ3v) is 4.71. The molecule has 0 bridgehead atoms. The number of carbonyl (C=O) groups is 1. The first-order valence-corrected chi connectivity index (χ1v) is 7.56. The Kier molecular flexibility index (Phi) is 5.08. The van der Waals surface area contributed by atoms with Crippen LogP contribution < -0.4 is 5.32 Å². The quantitative estimate of drug-likeness (QED) is 0.890. The summed E-state index contributed by atoms with van der Waals surface area (Å²) in [5.74, 6) is -0.192. The van der Waals surface area contributed by atoms with E-state index in [0.29, 0.717) is 5.56 Å². The molecule has 1 atom stereocenters. The fourth-order valence-corrected chi connectivity index (χ4v) is 2.30. The van der Waals surface area contributed by atoms with Gasteiger partial charge < -0.3 is 5.32 Å². The Labute approximate surface area is 114 Å². The molecule has 0 aliphatic carbocycles. The number of carbonyl (C=O) groups excluding carboxylic acids is 1. The smallest absolute Gasteiger partial charge is 0.251 e. The SMILES string of the molecule is CC[C@H](C)NC(=O)c1ccc(S(=O)(=O)N(C)C)cc1. The average molecular weight is 284 g/mol. The van der Waals surface area contributed by atoms with E-state index in [1.165, 1.54) is 38.4 Å². The fourth-order valence-electron chi connectivity index (χ4n) is 1.40. The van der Waals surface area contributed by atoms with Crippen molar-refractivity contribution in [3.05, 3.63) is 29.8 Å². The highest BCUT2D eigenvalue weighted by Gasteiger charge is 2.17. The van der Waals surface area contributed by atoms with E-state index in [1.807, 2.05) is 13.8 Å². The molecule has 1 rings (SSSR count). The number of hydrogen-bond acceptors (Lipinski definition) is 3. The Morgan fingerprint density at radius 3 is 2.21 bits per heavy atom. The van der Waals surface area contributed by atoms with Gasteiger partial charge in [0.15, 0.2) is 0 Å². The molecule has 0 heterocycles. The summed E-state index contributed by atoms with van der Waals surface area (Å²) in [4.78, 5) is 12.0. The summed E-state index contributed by atoms with van der Waals surface area (Å²) in [6.45, 7) is 3.90. The van der Waals surface area contributed by atoms with Crippen molar-refractivity contribution >= 4 is 15.9 Å². The molecule has 0 spiro atoms. The first-order valence-electron chi connectivity index (χ1n) is 6.12. The summed E-state index contributed by atoms with van der Waals surface area (Å²) in [7, 11) is -0.503. The van der Waals surface area contributed by atoms with Crippen molar-refractivity contribution in [2.75, 3.05) is 14.1 Å². The van der Waals surface area contributed by atoms with Crippen LogP contribution >= 0.6 is 0 Å². The molecule has 6 heteroatoms. The normalized spacial score (nSPS) is 13.3. The molecule has 0 aromatic heterocycles. The molecule has 1 amide bonds. The minimum atomic E-state index is -3.45. The lowest BCUT2D eigenvalue weighted by atomic mass is 10.2. The number of hydrogen-bond donors (Lipinski definition) is 1. The fraction of sp³-hybridized carbons (Fsp3) is 0.462. The van der Waals surface area contributed by atoms with Crippen LogP contribution in [0.5, 0.6) is 0 Å². The topological polar surface area (TPSA) is 66.5 Å². The second kappa shape index (κ2) is 6.16. The predicted molar refractivity (Wildman–Crippen MR) is 74.5 cm³/mol. The van der Waals surface area contributed by atoms with E-state index in [0.717, 1.165) is 10.7 Å². The predicted octanol–water partition coefficient (Wildman–Crippen LogP) is 1.47. The molecule has 0 saturated heterocycles. The molecule has 0 aliphatic rings. The lowest BCUT2D eigenvalue weighted by molar-refractivity contribution is 0.0939. The lowest BCUT2D eigenvalue weighted by Crippen LogP contribution is -2.31. The Morgan fingerprint density at radius 2 is 1.79 bits per heavy atom. The maximum Gasteiger partial charge on any atom is 0.251 e. The molecule has 5 nitrogen and oxygen atoms in total. The Balaban J connectivity index is 2.91. The van der Waals surface area contributed by atoms with Crippen LogP contribution in [-0.4, -0.2) is 38.8 Å². The Hall–Kier alpha value is -1.40. The first kappa shape index (κ1) is 15.7. The zero-order valence-electron chi connectivity index (χ0n) is 11.7. The summed E-state index contributed by atoms with van der Waals surface area (Å²) in [6.07, 6.45) is 0.846. The summed E-state index contributed by atoms with van der Waals surface area (Å²) in [5.41, 5.74) is 0.456. The van der Waals surface area contributed by atoms with Crippen molar-refractivity contribution in [3.63, 3.8) is 0 Å². The maximum atomic E-state index is 11.9. The van der Waals surface area contributed by atoms with Crippen LogP contribution in [0.15, 0.2) is 29.2 Å². The van der Waals surface area contributed by atoms with Crippen LogP contribution in [0.3, 0.4) is 0 Å². The van der Waals surface area contributed by atoms with E-state index in [-0.39, 0.29) is 16.8 Å². The van der Waals surface area contributed by atoms with Gasteiger partial charge in [-0.2, -0.15) is 0 Å². The van der Waals surface area contributed by atoms with Gasteiger partial charge in [-0.05, 0) is 37.6 Å². The van der Waals surface area contributed by atoms with Crippen LogP contribution in [0.25, 0.3) is 0 Å². The second-order valence-corrected chi connectivity index (χ2v) is 6.75. The van der Waals surface area contributed by atoms with Crippen LogP contribution in [0.2, 0.25) is 0 Å². The molecule has 0 saturated carbocycles. The molecule has 1 aromatic carbocycles. The van der Waals surface area contributed by atoms with E-state index < -0.39 is 10.0 Å². The summed E-state index contributed by atoms with van der Waals surface area (Å²) >= 11 is 0. The third-order valence-electron chi connectivity index (χ3n) is 2.88. The van der Waals surface area contributed by atoms with Crippen molar-refractivity contribution in [1.82, 2.24) is 9.62 Å². The van der Waals surface area contributed by atoms with E-state index in [9.17, 15) is 13.2 Å². The van der Waals surface area contributed by atoms with Crippen LogP contribution in [-0.2, 0) is 10.0 Å². The van der Waals surface area contributed by atoms with Crippen LogP contribution in [0, 0.1) is 0 Å². The van der Waals surface area contributed by atoms with Crippen molar-refractivity contribution in [2.24, 2.45) is 0 Å². The van der Waals surface area contributed by atoms with E-state index >= 15 is 0 Å². The van der Waals surface area contributed by atoms with Gasteiger partial charge >= 0.3 is 0 Å². The van der Waals surface area contributed by atoms with Gasteiger partial charge in [-0.15, -0.1) is 0 Å². The number of benzene rings is 1. The average Bonchev–Trinajstić information content (AvgIpc) is 2.38. The van der Waals surface area contributed by atoms with Gasteiger partial charge in [-0.1, -0.05) is 6.92 Å². The first-order chi connectivity index (χ1) is 8.78. The zero-order valence-corrected chi connectivity index (χ0v) is 12.5. The van der Waals surface area contributed by atoms with Crippen molar-refractivity contribution in [2.45, 2.75) is 31.2 Å². The van der Waals surface area contributed by atoms with Gasteiger partial charge in [0.05, 0.1) is 4.90 Å². The maximum absolute atomic E-state index is 11.9. The van der Waals surface area contributed by atoms with Crippen molar-refractivity contribution in [3.8, 4) is 0 Å². The van der Waals surface area contributed by atoms with Gasteiger partial charge in [0, 0.05) is 25.7 Å². The molecule has 19 heavy (non-hydrogen) atoms. The van der Waals surface area contributed by atoms with Crippen LogP contribution in [0.1, 0.15) is 30.6 Å². The molecule has 0 unspecified atom stereocenters. The minimum Gasteiger partial charge on any atom is -0.350 e. The summed E-state index contributed by atoms with van der Waals surface area (Å²) in [5, 5.41) is 2.83. The number of amides is 1. The summed E-state index contributed by atoms with van der Waals surface area (Å²) in [6, 6.07) is 6.03. The molecule has 0 fully saturated rings.